The molecule has 0 saturated heterocycles. The predicted molar refractivity (Wildman–Crippen MR) is 120 cm³/mol. The first kappa shape index (κ1) is 21.6. The number of benzene rings is 2. The highest BCUT2D eigenvalue weighted by Gasteiger charge is 2.13. The van der Waals surface area contributed by atoms with E-state index in [0.29, 0.717) is 16.5 Å². The smallest absolute Gasteiger partial charge is 0.234 e. The van der Waals surface area contributed by atoms with Crippen LogP contribution in [-0.4, -0.2) is 43.3 Å². The zero-order valence-corrected chi connectivity index (χ0v) is 18.6. The van der Waals surface area contributed by atoms with Gasteiger partial charge in [0, 0.05) is 17.1 Å². The van der Waals surface area contributed by atoms with Crippen molar-refractivity contribution in [1.29, 1.82) is 0 Å². The standard InChI is InChI=1S/C22H21FN6O2S/c1-14-10-15(2)29(27-14)20-9-4-16(11-19(20)23)25-21(30)12-32-22-26-24-13-28(22)17-5-7-18(31-3)8-6-17/h4-11,13H,12H2,1-3H3,(H,25,30). The van der Waals surface area contributed by atoms with Gasteiger partial charge in [-0.05, 0) is 62.4 Å². The van der Waals surface area contributed by atoms with Crippen LogP contribution in [0, 0.1) is 19.7 Å². The van der Waals surface area contributed by atoms with Crippen LogP contribution in [0.3, 0.4) is 0 Å². The Hall–Kier alpha value is -3.66. The Labute approximate surface area is 188 Å². The van der Waals surface area contributed by atoms with E-state index in [-0.39, 0.29) is 11.7 Å². The molecule has 0 atom stereocenters. The van der Waals surface area contributed by atoms with Crippen molar-refractivity contribution in [2.45, 2.75) is 19.0 Å². The van der Waals surface area contributed by atoms with Gasteiger partial charge >= 0.3 is 0 Å². The number of hydrogen-bond acceptors (Lipinski definition) is 6. The predicted octanol–water partition coefficient (Wildman–Crippen LogP) is 3.95. The average Bonchev–Trinajstić information content (AvgIpc) is 3.38. The van der Waals surface area contributed by atoms with Crippen molar-refractivity contribution in [2.75, 3.05) is 18.2 Å². The number of carbonyl (C=O) groups excluding carboxylic acids is 1. The summed E-state index contributed by atoms with van der Waals surface area (Å²) in [4.78, 5) is 12.4. The summed E-state index contributed by atoms with van der Waals surface area (Å²) in [5, 5.41) is 15.6. The topological polar surface area (TPSA) is 86.9 Å². The van der Waals surface area contributed by atoms with Gasteiger partial charge in [0.25, 0.3) is 0 Å². The molecule has 1 N–H and O–H groups in total. The van der Waals surface area contributed by atoms with Gasteiger partial charge in [0.15, 0.2) is 11.0 Å². The number of carbonyl (C=O) groups is 1. The molecule has 8 nitrogen and oxygen atoms in total. The molecule has 4 aromatic rings. The fraction of sp³-hybridized carbons (Fsp3) is 0.182. The molecule has 2 aromatic carbocycles. The minimum atomic E-state index is -0.471. The van der Waals surface area contributed by atoms with Crippen molar-refractivity contribution in [1.82, 2.24) is 24.5 Å². The van der Waals surface area contributed by atoms with E-state index < -0.39 is 5.82 Å². The number of nitrogens with zero attached hydrogens (tertiary/aromatic N) is 5. The third-order valence-electron chi connectivity index (χ3n) is 4.67. The lowest BCUT2D eigenvalue weighted by Gasteiger charge is -2.10. The van der Waals surface area contributed by atoms with Crippen molar-refractivity contribution in [3.8, 4) is 17.1 Å². The number of nitrogens with one attached hydrogen (secondary N) is 1. The molecule has 0 radical (unpaired) electrons. The molecule has 0 fully saturated rings. The molecular formula is C22H21FN6O2S. The van der Waals surface area contributed by atoms with Crippen LogP contribution in [-0.2, 0) is 4.79 Å². The number of halogens is 1. The van der Waals surface area contributed by atoms with E-state index in [0.717, 1.165) is 22.8 Å². The minimum absolute atomic E-state index is 0.0929. The summed E-state index contributed by atoms with van der Waals surface area (Å²) in [5.74, 6) is 0.0836. The van der Waals surface area contributed by atoms with Gasteiger partial charge in [-0.3, -0.25) is 9.36 Å². The van der Waals surface area contributed by atoms with Crippen molar-refractivity contribution >= 4 is 23.4 Å². The van der Waals surface area contributed by atoms with Crippen LogP contribution in [0.15, 0.2) is 60.0 Å². The Balaban J connectivity index is 1.40. The molecule has 0 aliphatic rings. The first-order valence-electron chi connectivity index (χ1n) is 9.75. The largest absolute Gasteiger partial charge is 0.497 e. The van der Waals surface area contributed by atoms with Crippen molar-refractivity contribution in [2.24, 2.45) is 0 Å². The second kappa shape index (κ2) is 9.23. The number of anilines is 1. The van der Waals surface area contributed by atoms with Gasteiger partial charge < -0.3 is 10.1 Å². The number of ether oxygens (including phenoxy) is 1. The summed E-state index contributed by atoms with van der Waals surface area (Å²) >= 11 is 1.23. The van der Waals surface area contributed by atoms with Gasteiger partial charge in [0.1, 0.15) is 17.8 Å². The van der Waals surface area contributed by atoms with E-state index in [9.17, 15) is 9.18 Å². The molecule has 32 heavy (non-hydrogen) atoms. The quantitative estimate of drug-likeness (QED) is 0.427. The summed E-state index contributed by atoms with van der Waals surface area (Å²) in [6.07, 6.45) is 1.58. The maximum atomic E-state index is 14.6. The number of amides is 1. The van der Waals surface area contributed by atoms with E-state index in [4.69, 9.17) is 4.74 Å². The molecule has 2 heterocycles. The number of thioether (sulfide) groups is 1. The van der Waals surface area contributed by atoms with Crippen molar-refractivity contribution in [3.05, 3.63) is 72.1 Å². The average molecular weight is 453 g/mol. The van der Waals surface area contributed by atoms with Crippen LogP contribution in [0.25, 0.3) is 11.4 Å². The molecule has 0 aliphatic heterocycles. The first-order chi connectivity index (χ1) is 15.4. The van der Waals surface area contributed by atoms with Crippen LogP contribution in [0.4, 0.5) is 10.1 Å². The summed E-state index contributed by atoms with van der Waals surface area (Å²) in [6, 6.07) is 13.8. The summed E-state index contributed by atoms with van der Waals surface area (Å²) < 4.78 is 23.1. The second-order valence-electron chi connectivity index (χ2n) is 7.02. The van der Waals surface area contributed by atoms with E-state index >= 15 is 0 Å². The summed E-state index contributed by atoms with van der Waals surface area (Å²) in [6.45, 7) is 3.71. The van der Waals surface area contributed by atoms with E-state index in [1.807, 2.05) is 44.2 Å². The Morgan fingerprint density at radius 2 is 1.94 bits per heavy atom. The van der Waals surface area contributed by atoms with Gasteiger partial charge in [-0.15, -0.1) is 10.2 Å². The van der Waals surface area contributed by atoms with Crippen LogP contribution in [0.2, 0.25) is 0 Å². The van der Waals surface area contributed by atoms with Gasteiger partial charge in [0.05, 0.1) is 18.6 Å². The maximum absolute atomic E-state index is 14.6. The number of aromatic nitrogens is 5. The van der Waals surface area contributed by atoms with Gasteiger partial charge in [-0.2, -0.15) is 5.10 Å². The highest BCUT2D eigenvalue weighted by Crippen LogP contribution is 2.23. The molecule has 0 aliphatic carbocycles. The molecule has 10 heteroatoms. The molecule has 2 aromatic heterocycles. The fourth-order valence-corrected chi connectivity index (χ4v) is 3.93. The first-order valence-corrected chi connectivity index (χ1v) is 10.7. The Morgan fingerprint density at radius 1 is 1.16 bits per heavy atom. The molecule has 0 unspecified atom stereocenters. The lowest BCUT2D eigenvalue weighted by atomic mass is 10.2. The molecule has 0 saturated carbocycles. The second-order valence-corrected chi connectivity index (χ2v) is 7.97. The fourth-order valence-electron chi connectivity index (χ4n) is 3.20. The van der Waals surface area contributed by atoms with E-state index in [1.54, 1.807) is 30.1 Å². The lowest BCUT2D eigenvalue weighted by molar-refractivity contribution is -0.113. The van der Waals surface area contributed by atoms with Crippen LogP contribution in [0.5, 0.6) is 5.75 Å². The van der Waals surface area contributed by atoms with Gasteiger partial charge in [0.2, 0.25) is 5.91 Å². The van der Waals surface area contributed by atoms with E-state index in [1.165, 1.54) is 22.5 Å². The van der Waals surface area contributed by atoms with Gasteiger partial charge in [-0.1, -0.05) is 11.8 Å². The molecule has 0 spiro atoms. The van der Waals surface area contributed by atoms with E-state index in [2.05, 4.69) is 20.6 Å². The number of aryl methyl sites for hydroxylation is 2. The third-order valence-corrected chi connectivity index (χ3v) is 5.61. The monoisotopic (exact) mass is 452 g/mol. The SMILES string of the molecule is COc1ccc(-n2cnnc2SCC(=O)Nc2ccc(-n3nc(C)cc3C)c(F)c2)cc1. The molecular weight excluding hydrogens is 431 g/mol. The zero-order chi connectivity index (χ0) is 22.7. The lowest BCUT2D eigenvalue weighted by Crippen LogP contribution is -2.15. The van der Waals surface area contributed by atoms with Gasteiger partial charge in [-0.25, -0.2) is 9.07 Å². The van der Waals surface area contributed by atoms with Crippen molar-refractivity contribution < 1.29 is 13.9 Å². The van der Waals surface area contributed by atoms with Crippen LogP contribution >= 0.6 is 11.8 Å². The molecule has 1 amide bonds. The number of methoxy groups -OCH3 is 1. The van der Waals surface area contributed by atoms with Crippen LogP contribution < -0.4 is 10.1 Å². The molecule has 4 rings (SSSR count). The Morgan fingerprint density at radius 3 is 2.59 bits per heavy atom. The maximum Gasteiger partial charge on any atom is 0.234 e. The normalized spacial score (nSPS) is 10.9. The number of hydrogen-bond donors (Lipinski definition) is 1. The number of rotatable bonds is 7. The minimum Gasteiger partial charge on any atom is -0.497 e. The Bertz CT molecular complexity index is 1250. The highest BCUT2D eigenvalue weighted by molar-refractivity contribution is 7.99. The third kappa shape index (κ3) is 4.65. The summed E-state index contributed by atoms with van der Waals surface area (Å²) in [7, 11) is 1.60. The van der Waals surface area contributed by atoms with Crippen LogP contribution in [0.1, 0.15) is 11.4 Å². The molecule has 0 bridgehead atoms. The zero-order valence-electron chi connectivity index (χ0n) is 17.7. The Kier molecular flexibility index (Phi) is 6.22. The molecule has 164 valence electrons. The summed E-state index contributed by atoms with van der Waals surface area (Å²) in [5.41, 5.74) is 3.18. The van der Waals surface area contributed by atoms with Crippen molar-refractivity contribution in [3.63, 3.8) is 0 Å². The highest BCUT2D eigenvalue weighted by atomic mass is 32.2.